The SMILES string of the molecule is CC(C)(O)O.CSc1nc(C)c(-c2nc3ccccc3s2)c(NC2CCC(CCO)C2)n1. The predicted molar refractivity (Wildman–Crippen MR) is 132 cm³/mol. The standard InChI is InChI=1S/C20H24N4OS2.C3H8O2/c1-12-17(19-23-15-5-3-4-6-16(15)27-19)18(24-20(21-12)26-2)22-14-8-7-13(11-14)9-10-25;1-3(2,4)5/h3-6,13-14,25H,7-11H2,1-2H3,(H,21,22,24);4-5H,1-2H3. The molecule has 174 valence electrons. The minimum Gasteiger partial charge on any atom is -0.396 e. The van der Waals surface area contributed by atoms with Gasteiger partial charge in [-0.2, -0.15) is 0 Å². The number of nitrogens with zero attached hydrogens (tertiary/aromatic N) is 3. The molecule has 2 aromatic heterocycles. The van der Waals surface area contributed by atoms with Crippen molar-refractivity contribution in [1.29, 1.82) is 0 Å². The van der Waals surface area contributed by atoms with Crippen LogP contribution in [0.25, 0.3) is 20.8 Å². The Balaban J connectivity index is 0.000000523. The summed E-state index contributed by atoms with van der Waals surface area (Å²) >= 11 is 3.25. The van der Waals surface area contributed by atoms with Gasteiger partial charge in [0.2, 0.25) is 0 Å². The Hall–Kier alpha value is -1.78. The van der Waals surface area contributed by atoms with Crippen LogP contribution in [0.4, 0.5) is 5.82 Å². The van der Waals surface area contributed by atoms with Gasteiger partial charge in [0.05, 0.1) is 21.5 Å². The summed E-state index contributed by atoms with van der Waals surface area (Å²) in [7, 11) is 0. The van der Waals surface area contributed by atoms with Crippen molar-refractivity contribution in [3.8, 4) is 10.6 Å². The molecule has 1 aliphatic carbocycles. The number of benzene rings is 1. The summed E-state index contributed by atoms with van der Waals surface area (Å²) in [6, 6.07) is 8.60. The second kappa shape index (κ2) is 10.9. The maximum Gasteiger partial charge on any atom is 0.189 e. The number of nitrogens with one attached hydrogen (secondary N) is 1. The lowest BCUT2D eigenvalue weighted by atomic mass is 10.0. The lowest BCUT2D eigenvalue weighted by Crippen LogP contribution is -2.18. The molecule has 1 saturated carbocycles. The summed E-state index contributed by atoms with van der Waals surface area (Å²) in [6.45, 7) is 4.91. The van der Waals surface area contributed by atoms with E-state index >= 15 is 0 Å². The molecule has 0 bridgehead atoms. The first-order chi connectivity index (χ1) is 15.2. The van der Waals surface area contributed by atoms with Crippen LogP contribution in [0.15, 0.2) is 29.4 Å². The topological polar surface area (TPSA) is 111 Å². The number of aryl methyl sites for hydroxylation is 1. The van der Waals surface area contributed by atoms with Crippen molar-refractivity contribution in [2.24, 2.45) is 5.92 Å². The molecule has 0 spiro atoms. The van der Waals surface area contributed by atoms with Gasteiger partial charge in [-0.25, -0.2) is 15.0 Å². The van der Waals surface area contributed by atoms with Crippen molar-refractivity contribution in [3.63, 3.8) is 0 Å². The largest absolute Gasteiger partial charge is 0.396 e. The minimum absolute atomic E-state index is 0.275. The van der Waals surface area contributed by atoms with E-state index in [1.165, 1.54) is 18.5 Å². The summed E-state index contributed by atoms with van der Waals surface area (Å²) < 4.78 is 1.18. The van der Waals surface area contributed by atoms with Crippen LogP contribution in [0.1, 0.15) is 45.2 Å². The number of fused-ring (bicyclic) bond motifs is 1. The van der Waals surface area contributed by atoms with Crippen molar-refractivity contribution >= 4 is 39.1 Å². The van der Waals surface area contributed by atoms with E-state index in [1.54, 1.807) is 23.1 Å². The van der Waals surface area contributed by atoms with E-state index in [9.17, 15) is 5.11 Å². The van der Waals surface area contributed by atoms with Crippen LogP contribution < -0.4 is 5.32 Å². The fraction of sp³-hybridized carbons (Fsp3) is 0.522. The number of aromatic nitrogens is 3. The van der Waals surface area contributed by atoms with Gasteiger partial charge in [0.25, 0.3) is 0 Å². The number of hydrogen-bond acceptors (Lipinski definition) is 9. The lowest BCUT2D eigenvalue weighted by molar-refractivity contribution is -0.127. The van der Waals surface area contributed by atoms with Gasteiger partial charge in [0.1, 0.15) is 10.8 Å². The fourth-order valence-corrected chi connectivity index (χ4v) is 5.30. The second-order valence-electron chi connectivity index (χ2n) is 8.53. The summed E-state index contributed by atoms with van der Waals surface area (Å²) in [4.78, 5) is 14.3. The molecule has 3 aromatic rings. The summed E-state index contributed by atoms with van der Waals surface area (Å²) in [6.07, 6.45) is 6.25. The summed E-state index contributed by atoms with van der Waals surface area (Å²) in [5.41, 5.74) is 2.99. The van der Waals surface area contributed by atoms with Gasteiger partial charge in [-0.05, 0) is 70.8 Å². The number of aliphatic hydroxyl groups excluding tert-OH is 1. The number of thioether (sulfide) groups is 1. The first-order valence-corrected chi connectivity index (χ1v) is 12.8. The molecule has 2 atom stereocenters. The zero-order chi connectivity index (χ0) is 23.3. The highest BCUT2D eigenvalue weighted by molar-refractivity contribution is 7.98. The smallest absolute Gasteiger partial charge is 0.189 e. The number of anilines is 1. The third-order valence-corrected chi connectivity index (χ3v) is 6.78. The molecular weight excluding hydrogens is 444 g/mol. The zero-order valence-corrected chi connectivity index (χ0v) is 20.6. The van der Waals surface area contributed by atoms with Crippen LogP contribution in [-0.4, -0.2) is 55.0 Å². The third-order valence-electron chi connectivity index (χ3n) is 5.18. The molecule has 1 fully saturated rings. The van der Waals surface area contributed by atoms with Gasteiger partial charge >= 0.3 is 0 Å². The van der Waals surface area contributed by atoms with Gasteiger partial charge in [-0.15, -0.1) is 11.3 Å². The summed E-state index contributed by atoms with van der Waals surface area (Å²) in [5.74, 6) is -0.0121. The monoisotopic (exact) mass is 476 g/mol. The van der Waals surface area contributed by atoms with E-state index in [2.05, 4.69) is 16.4 Å². The van der Waals surface area contributed by atoms with Gasteiger partial charge in [-0.1, -0.05) is 23.9 Å². The van der Waals surface area contributed by atoms with Crippen molar-refractivity contribution in [3.05, 3.63) is 30.0 Å². The van der Waals surface area contributed by atoms with Gasteiger partial charge in [0.15, 0.2) is 10.9 Å². The number of hydrogen-bond donors (Lipinski definition) is 4. The molecule has 4 rings (SSSR count). The first-order valence-electron chi connectivity index (χ1n) is 10.8. The second-order valence-corrected chi connectivity index (χ2v) is 10.3. The van der Waals surface area contributed by atoms with E-state index in [-0.39, 0.29) is 6.61 Å². The van der Waals surface area contributed by atoms with E-state index < -0.39 is 5.79 Å². The highest BCUT2D eigenvalue weighted by Gasteiger charge is 2.26. The molecule has 2 unspecified atom stereocenters. The number of para-hydroxylation sites is 1. The molecule has 4 N–H and O–H groups in total. The van der Waals surface area contributed by atoms with Crippen LogP contribution >= 0.6 is 23.1 Å². The maximum atomic E-state index is 9.22. The number of rotatable bonds is 6. The minimum atomic E-state index is -1.50. The highest BCUT2D eigenvalue weighted by atomic mass is 32.2. The number of aliphatic hydroxyl groups is 3. The first kappa shape index (κ1) is 24.9. The Kier molecular flexibility index (Phi) is 8.46. The Labute approximate surface area is 197 Å². The fourth-order valence-electron chi connectivity index (χ4n) is 3.82. The van der Waals surface area contributed by atoms with Gasteiger partial charge in [0, 0.05) is 12.6 Å². The molecule has 2 heterocycles. The average molecular weight is 477 g/mol. The van der Waals surface area contributed by atoms with Gasteiger partial charge < -0.3 is 20.6 Å². The molecule has 0 saturated heterocycles. The molecule has 7 nitrogen and oxygen atoms in total. The van der Waals surface area contributed by atoms with E-state index in [1.807, 2.05) is 31.4 Å². The maximum absolute atomic E-state index is 9.22. The third kappa shape index (κ3) is 6.86. The molecule has 1 aromatic carbocycles. The Morgan fingerprint density at radius 1 is 1.16 bits per heavy atom. The quantitative estimate of drug-likeness (QED) is 0.234. The molecule has 0 radical (unpaired) electrons. The Morgan fingerprint density at radius 2 is 1.88 bits per heavy atom. The lowest BCUT2D eigenvalue weighted by Gasteiger charge is -2.18. The number of thiazole rings is 1. The zero-order valence-electron chi connectivity index (χ0n) is 19.0. The average Bonchev–Trinajstić information content (AvgIpc) is 3.33. The Morgan fingerprint density at radius 3 is 2.53 bits per heavy atom. The summed E-state index contributed by atoms with van der Waals surface area (Å²) in [5, 5.41) is 30.8. The van der Waals surface area contributed by atoms with Crippen LogP contribution in [0.2, 0.25) is 0 Å². The van der Waals surface area contributed by atoms with Crippen LogP contribution in [-0.2, 0) is 0 Å². The molecular formula is C23H32N4O3S2. The Bertz CT molecular complexity index is 997. The molecule has 1 aliphatic rings. The van der Waals surface area contributed by atoms with E-state index in [0.717, 1.165) is 58.4 Å². The normalized spacial score (nSPS) is 18.5. The van der Waals surface area contributed by atoms with Gasteiger partial charge in [-0.3, -0.25) is 0 Å². The van der Waals surface area contributed by atoms with Crippen molar-refractivity contribution in [2.45, 2.75) is 63.4 Å². The predicted octanol–water partition coefficient (Wildman–Crippen LogP) is 4.45. The highest BCUT2D eigenvalue weighted by Crippen LogP contribution is 2.38. The van der Waals surface area contributed by atoms with Crippen LogP contribution in [0.3, 0.4) is 0 Å². The van der Waals surface area contributed by atoms with Crippen molar-refractivity contribution in [1.82, 2.24) is 15.0 Å². The van der Waals surface area contributed by atoms with Crippen molar-refractivity contribution < 1.29 is 15.3 Å². The van der Waals surface area contributed by atoms with E-state index in [0.29, 0.717) is 12.0 Å². The molecule has 0 aliphatic heterocycles. The molecule has 0 amide bonds. The molecule has 32 heavy (non-hydrogen) atoms. The van der Waals surface area contributed by atoms with Crippen molar-refractivity contribution in [2.75, 3.05) is 18.2 Å². The van der Waals surface area contributed by atoms with E-state index in [4.69, 9.17) is 20.2 Å². The van der Waals surface area contributed by atoms with Crippen LogP contribution in [0.5, 0.6) is 0 Å². The van der Waals surface area contributed by atoms with Crippen LogP contribution in [0, 0.1) is 12.8 Å². The molecule has 9 heteroatoms.